The molecule has 0 spiro atoms. The van der Waals surface area contributed by atoms with Crippen LogP contribution in [0.3, 0.4) is 0 Å². The van der Waals surface area contributed by atoms with Crippen molar-refractivity contribution < 1.29 is 28.2 Å². The Kier molecular flexibility index (Phi) is 4.37. The highest BCUT2D eigenvalue weighted by molar-refractivity contribution is 5.80. The zero-order chi connectivity index (χ0) is 17.7. The molecule has 4 nitrogen and oxygen atoms in total. The molecule has 6 heteroatoms. The number of hydrogen-bond donors (Lipinski definition) is 1. The van der Waals surface area contributed by atoms with Gasteiger partial charge in [0.15, 0.2) is 6.10 Å². The van der Waals surface area contributed by atoms with E-state index in [2.05, 4.69) is 0 Å². The predicted octanol–water partition coefficient (Wildman–Crippen LogP) is 3.88. The van der Waals surface area contributed by atoms with Crippen LogP contribution in [0.15, 0.2) is 0 Å². The molecule has 0 amide bonds. The Balaban J connectivity index is 1.79. The molecule has 3 fully saturated rings. The average molecular weight is 344 g/mol. The number of aliphatic carboxylic acids is 1. The molecule has 3 bridgehead atoms. The van der Waals surface area contributed by atoms with E-state index in [-0.39, 0.29) is 0 Å². The Morgan fingerprint density at radius 1 is 1.17 bits per heavy atom. The van der Waals surface area contributed by atoms with Gasteiger partial charge in [0, 0.05) is 0 Å². The largest absolute Gasteiger partial charge is 0.477 e. The summed E-state index contributed by atoms with van der Waals surface area (Å²) in [4.78, 5) is 23.7. The quantitative estimate of drug-likeness (QED) is 0.769. The molecule has 3 aliphatic rings. The summed E-state index contributed by atoms with van der Waals surface area (Å²) in [6.07, 6.45) is 4.60. The summed E-state index contributed by atoms with van der Waals surface area (Å²) >= 11 is 0. The number of fused-ring (bicyclic) bond motifs is 2. The van der Waals surface area contributed by atoms with Crippen molar-refractivity contribution in [3.63, 3.8) is 0 Å². The van der Waals surface area contributed by atoms with Gasteiger partial charge >= 0.3 is 17.9 Å². The molecule has 3 aliphatic carbocycles. The molecule has 136 valence electrons. The first-order valence-corrected chi connectivity index (χ1v) is 8.98. The van der Waals surface area contributed by atoms with Crippen molar-refractivity contribution in [2.24, 2.45) is 29.1 Å². The molecule has 3 rings (SSSR count). The molecule has 0 aromatic heterocycles. The molecule has 24 heavy (non-hydrogen) atoms. The number of carboxylic acids is 1. The minimum absolute atomic E-state index is 0.477. The number of carboxylic acid groups (broad SMARTS) is 1. The van der Waals surface area contributed by atoms with Crippen molar-refractivity contribution in [3.05, 3.63) is 0 Å². The second-order valence-corrected chi connectivity index (χ2v) is 8.42. The van der Waals surface area contributed by atoms with E-state index in [9.17, 15) is 18.4 Å². The maximum Gasteiger partial charge on any atom is 0.378 e. The van der Waals surface area contributed by atoms with E-state index in [0.29, 0.717) is 30.6 Å². The maximum absolute atomic E-state index is 14.0. The first-order chi connectivity index (χ1) is 11.2. The van der Waals surface area contributed by atoms with Crippen molar-refractivity contribution in [2.75, 3.05) is 0 Å². The average Bonchev–Trinajstić information content (AvgIpc) is 2.49. The van der Waals surface area contributed by atoms with Crippen LogP contribution in [0.2, 0.25) is 0 Å². The third-order valence-corrected chi connectivity index (χ3v) is 6.49. The number of alkyl halides is 2. The van der Waals surface area contributed by atoms with Gasteiger partial charge in [-0.05, 0) is 62.2 Å². The van der Waals surface area contributed by atoms with E-state index in [1.54, 1.807) is 0 Å². The van der Waals surface area contributed by atoms with Gasteiger partial charge in [-0.15, -0.1) is 0 Å². The van der Waals surface area contributed by atoms with Crippen LogP contribution in [0.5, 0.6) is 0 Å². The van der Waals surface area contributed by atoms with Gasteiger partial charge in [-0.1, -0.05) is 20.3 Å². The molecule has 0 saturated heterocycles. The Labute approximate surface area is 140 Å². The van der Waals surface area contributed by atoms with Gasteiger partial charge in [-0.2, -0.15) is 8.78 Å². The molecule has 0 radical (unpaired) electrons. The summed E-state index contributed by atoms with van der Waals surface area (Å²) in [5.41, 5.74) is -0.674. The Morgan fingerprint density at radius 3 is 2.50 bits per heavy atom. The summed E-state index contributed by atoms with van der Waals surface area (Å²) in [6, 6.07) is 0. The minimum Gasteiger partial charge on any atom is -0.477 e. The van der Waals surface area contributed by atoms with Crippen LogP contribution >= 0.6 is 0 Å². The van der Waals surface area contributed by atoms with Crippen molar-refractivity contribution in [1.82, 2.24) is 0 Å². The highest BCUT2D eigenvalue weighted by Gasteiger charge is 2.57. The van der Waals surface area contributed by atoms with E-state index in [0.717, 1.165) is 25.7 Å². The fourth-order valence-electron chi connectivity index (χ4n) is 5.30. The van der Waals surface area contributed by atoms with Crippen LogP contribution in [0, 0.1) is 29.1 Å². The number of rotatable bonds is 5. The highest BCUT2D eigenvalue weighted by atomic mass is 19.3. The summed E-state index contributed by atoms with van der Waals surface area (Å²) in [5.74, 6) is -6.04. The maximum atomic E-state index is 14.0. The number of ether oxygens (including phenoxy) is 1. The minimum atomic E-state index is -4.07. The molecule has 0 aliphatic heterocycles. The summed E-state index contributed by atoms with van der Waals surface area (Å²) in [6.45, 7) is 2.91. The topological polar surface area (TPSA) is 63.6 Å². The lowest BCUT2D eigenvalue weighted by Gasteiger charge is -2.53. The van der Waals surface area contributed by atoms with E-state index >= 15 is 0 Å². The van der Waals surface area contributed by atoms with E-state index < -0.39 is 35.3 Å². The third kappa shape index (κ3) is 2.82. The predicted molar refractivity (Wildman–Crippen MR) is 82.5 cm³/mol. The van der Waals surface area contributed by atoms with Crippen LogP contribution in [-0.2, 0) is 14.3 Å². The molecule has 0 aromatic rings. The number of carbonyl (C=O) groups excluding carboxylic acids is 1. The van der Waals surface area contributed by atoms with Gasteiger partial charge in [-0.3, -0.25) is 4.79 Å². The molecular weight excluding hydrogens is 318 g/mol. The zero-order valence-corrected chi connectivity index (χ0v) is 14.3. The van der Waals surface area contributed by atoms with Crippen LogP contribution < -0.4 is 0 Å². The van der Waals surface area contributed by atoms with Crippen LogP contribution in [0.1, 0.15) is 58.8 Å². The normalized spacial score (nSPS) is 36.5. The van der Waals surface area contributed by atoms with Crippen molar-refractivity contribution in [1.29, 1.82) is 0 Å². The standard InChI is InChI=1S/C18H26F2O4/c1-10(2)14(18(19,20)15(21)22)24-16(23)17-6-5-12-4-3-11(8-17)7-13(12)9-17/h10-14H,3-9H2,1-2H3,(H,21,22). The first kappa shape index (κ1) is 17.6. The van der Waals surface area contributed by atoms with Crippen LogP contribution in [-0.4, -0.2) is 29.1 Å². The first-order valence-electron chi connectivity index (χ1n) is 8.98. The molecule has 1 N–H and O–H groups in total. The molecule has 5 unspecified atom stereocenters. The number of carbonyl (C=O) groups is 2. The summed E-state index contributed by atoms with van der Waals surface area (Å²) < 4.78 is 33.2. The lowest BCUT2D eigenvalue weighted by atomic mass is 9.51. The third-order valence-electron chi connectivity index (χ3n) is 6.49. The molecule has 0 aromatic carbocycles. The fraction of sp³-hybridized carbons (Fsp3) is 0.889. The van der Waals surface area contributed by atoms with Gasteiger partial charge in [0.25, 0.3) is 0 Å². The summed E-state index contributed by atoms with van der Waals surface area (Å²) in [5, 5.41) is 8.80. The van der Waals surface area contributed by atoms with E-state index in [4.69, 9.17) is 9.84 Å². The second-order valence-electron chi connectivity index (χ2n) is 8.42. The number of halogens is 2. The van der Waals surface area contributed by atoms with Crippen molar-refractivity contribution in [2.45, 2.75) is 70.8 Å². The van der Waals surface area contributed by atoms with Gasteiger partial charge < -0.3 is 9.84 Å². The molecular formula is C18H26F2O4. The van der Waals surface area contributed by atoms with E-state index in [1.165, 1.54) is 20.3 Å². The second kappa shape index (κ2) is 5.95. The molecule has 3 saturated carbocycles. The monoisotopic (exact) mass is 344 g/mol. The Hall–Kier alpha value is -1.20. The lowest BCUT2D eigenvalue weighted by Crippen LogP contribution is -2.53. The van der Waals surface area contributed by atoms with Crippen molar-refractivity contribution >= 4 is 11.9 Å². The highest BCUT2D eigenvalue weighted by Crippen LogP contribution is 2.58. The smallest absolute Gasteiger partial charge is 0.378 e. The SMILES string of the molecule is CC(C)C(OC(=O)C12CCC3CCC(CC3C1)C2)C(F)(F)C(=O)O. The Morgan fingerprint density at radius 2 is 1.88 bits per heavy atom. The van der Waals surface area contributed by atoms with E-state index in [1.807, 2.05) is 0 Å². The number of esters is 1. The van der Waals surface area contributed by atoms with Crippen molar-refractivity contribution in [3.8, 4) is 0 Å². The molecule has 5 atom stereocenters. The van der Waals surface area contributed by atoms with Crippen LogP contribution in [0.4, 0.5) is 8.78 Å². The zero-order valence-electron chi connectivity index (χ0n) is 14.3. The van der Waals surface area contributed by atoms with Gasteiger partial charge in [0.2, 0.25) is 0 Å². The summed E-state index contributed by atoms with van der Waals surface area (Å²) in [7, 11) is 0. The van der Waals surface area contributed by atoms with Gasteiger partial charge in [0.1, 0.15) is 0 Å². The number of hydrogen-bond acceptors (Lipinski definition) is 3. The van der Waals surface area contributed by atoms with Gasteiger partial charge in [-0.25, -0.2) is 4.79 Å². The molecule has 0 heterocycles. The lowest BCUT2D eigenvalue weighted by molar-refractivity contribution is -0.209. The Bertz CT molecular complexity index is 529. The fourth-order valence-corrected chi connectivity index (χ4v) is 5.30. The van der Waals surface area contributed by atoms with Crippen LogP contribution in [0.25, 0.3) is 0 Å². The van der Waals surface area contributed by atoms with Gasteiger partial charge in [0.05, 0.1) is 5.41 Å².